The molecule has 0 spiro atoms. The molecule has 1 unspecified atom stereocenters. The number of hydrogen-bond acceptors (Lipinski definition) is 3. The minimum atomic E-state index is -3.23. The van der Waals surface area contributed by atoms with Crippen molar-refractivity contribution in [2.75, 3.05) is 6.26 Å². The summed E-state index contributed by atoms with van der Waals surface area (Å²) in [6.07, 6.45) is 3.01. The van der Waals surface area contributed by atoms with Crippen LogP contribution in [0.15, 0.2) is 36.9 Å². The van der Waals surface area contributed by atoms with Gasteiger partial charge in [0.1, 0.15) is 0 Å². The third-order valence-electron chi connectivity index (χ3n) is 2.62. The quantitative estimate of drug-likeness (QED) is 0.742. The SMILES string of the molecule is C=CCC(C(=O)O)c1ccc(CNS(C)(=O)=O)cc1. The maximum absolute atomic E-state index is 11.1. The first-order valence-electron chi connectivity index (χ1n) is 5.70. The van der Waals surface area contributed by atoms with Crippen LogP contribution in [0.1, 0.15) is 23.5 Å². The first-order valence-corrected chi connectivity index (χ1v) is 7.60. The Labute approximate surface area is 113 Å². The van der Waals surface area contributed by atoms with Crippen LogP contribution in [0, 0.1) is 0 Å². The second-order valence-corrected chi connectivity index (χ2v) is 6.08. The van der Waals surface area contributed by atoms with Crippen molar-refractivity contribution in [2.24, 2.45) is 0 Å². The van der Waals surface area contributed by atoms with Gasteiger partial charge in [0.25, 0.3) is 0 Å². The lowest BCUT2D eigenvalue weighted by Crippen LogP contribution is -2.21. The van der Waals surface area contributed by atoms with E-state index in [1.54, 1.807) is 30.3 Å². The molecule has 19 heavy (non-hydrogen) atoms. The topological polar surface area (TPSA) is 83.5 Å². The molecule has 0 aliphatic carbocycles. The average molecular weight is 283 g/mol. The van der Waals surface area contributed by atoms with E-state index < -0.39 is 21.9 Å². The second-order valence-electron chi connectivity index (χ2n) is 4.25. The van der Waals surface area contributed by atoms with Gasteiger partial charge >= 0.3 is 5.97 Å². The lowest BCUT2D eigenvalue weighted by atomic mass is 9.95. The highest BCUT2D eigenvalue weighted by Gasteiger charge is 2.17. The Morgan fingerprint density at radius 3 is 2.42 bits per heavy atom. The number of carbonyl (C=O) groups is 1. The molecule has 0 heterocycles. The molecule has 0 amide bonds. The molecular weight excluding hydrogens is 266 g/mol. The zero-order valence-electron chi connectivity index (χ0n) is 10.7. The van der Waals surface area contributed by atoms with Crippen LogP contribution in [0.2, 0.25) is 0 Å². The molecule has 2 N–H and O–H groups in total. The first kappa shape index (κ1) is 15.4. The summed E-state index contributed by atoms with van der Waals surface area (Å²) in [6.45, 7) is 3.74. The molecule has 0 aliphatic rings. The number of nitrogens with one attached hydrogen (secondary N) is 1. The van der Waals surface area contributed by atoms with Gasteiger partial charge in [-0.1, -0.05) is 30.3 Å². The highest BCUT2D eigenvalue weighted by Crippen LogP contribution is 2.21. The van der Waals surface area contributed by atoms with E-state index in [4.69, 9.17) is 5.11 Å². The van der Waals surface area contributed by atoms with Crippen LogP contribution in [0.4, 0.5) is 0 Å². The Hall–Kier alpha value is -1.66. The van der Waals surface area contributed by atoms with Crippen molar-refractivity contribution in [3.8, 4) is 0 Å². The van der Waals surface area contributed by atoms with Gasteiger partial charge in [-0.05, 0) is 17.5 Å². The van der Waals surface area contributed by atoms with Crippen LogP contribution < -0.4 is 4.72 Å². The van der Waals surface area contributed by atoms with Gasteiger partial charge in [0.2, 0.25) is 10.0 Å². The molecule has 104 valence electrons. The van der Waals surface area contributed by atoms with E-state index in [9.17, 15) is 13.2 Å². The summed E-state index contributed by atoms with van der Waals surface area (Å²) in [4.78, 5) is 11.1. The third-order valence-corrected chi connectivity index (χ3v) is 3.29. The summed E-state index contributed by atoms with van der Waals surface area (Å²) < 4.78 is 24.3. The fourth-order valence-electron chi connectivity index (χ4n) is 1.63. The predicted molar refractivity (Wildman–Crippen MR) is 73.3 cm³/mol. The number of aliphatic carboxylic acids is 1. The molecule has 5 nitrogen and oxygen atoms in total. The zero-order valence-corrected chi connectivity index (χ0v) is 11.5. The summed E-state index contributed by atoms with van der Waals surface area (Å²) in [5.74, 6) is -1.52. The molecule has 1 aromatic rings. The van der Waals surface area contributed by atoms with Gasteiger partial charge in [-0.15, -0.1) is 6.58 Å². The fourth-order valence-corrected chi connectivity index (χ4v) is 2.06. The maximum atomic E-state index is 11.1. The molecule has 0 radical (unpaired) electrons. The molecule has 6 heteroatoms. The number of benzene rings is 1. The Kier molecular flexibility index (Phi) is 5.26. The molecule has 0 aromatic heterocycles. The summed E-state index contributed by atoms with van der Waals surface area (Å²) in [5, 5.41) is 9.10. The first-order chi connectivity index (χ1) is 8.83. The lowest BCUT2D eigenvalue weighted by molar-refractivity contribution is -0.138. The number of carboxylic acids is 1. The lowest BCUT2D eigenvalue weighted by Gasteiger charge is -2.11. The monoisotopic (exact) mass is 283 g/mol. The number of sulfonamides is 1. The number of allylic oxidation sites excluding steroid dienone is 1. The smallest absolute Gasteiger partial charge is 0.311 e. The summed E-state index contributed by atoms with van der Waals surface area (Å²) in [7, 11) is -3.23. The van der Waals surface area contributed by atoms with E-state index in [2.05, 4.69) is 11.3 Å². The molecule has 1 atom stereocenters. The van der Waals surface area contributed by atoms with Gasteiger partial charge < -0.3 is 5.11 Å². The van der Waals surface area contributed by atoms with Gasteiger partial charge in [-0.3, -0.25) is 4.79 Å². The molecule has 0 bridgehead atoms. The van der Waals surface area contributed by atoms with E-state index in [0.717, 1.165) is 11.8 Å². The van der Waals surface area contributed by atoms with Crippen molar-refractivity contribution in [3.05, 3.63) is 48.0 Å². The maximum Gasteiger partial charge on any atom is 0.311 e. The normalized spacial score (nSPS) is 12.9. The minimum absolute atomic E-state index is 0.193. The number of rotatable bonds is 7. The molecule has 1 rings (SSSR count). The Morgan fingerprint density at radius 2 is 2.00 bits per heavy atom. The van der Waals surface area contributed by atoms with E-state index in [0.29, 0.717) is 12.0 Å². The van der Waals surface area contributed by atoms with Crippen molar-refractivity contribution in [1.29, 1.82) is 0 Å². The van der Waals surface area contributed by atoms with Crippen LogP contribution in [-0.2, 0) is 21.4 Å². The minimum Gasteiger partial charge on any atom is -0.481 e. The van der Waals surface area contributed by atoms with Crippen molar-refractivity contribution in [3.63, 3.8) is 0 Å². The van der Waals surface area contributed by atoms with Gasteiger partial charge in [0, 0.05) is 6.54 Å². The van der Waals surface area contributed by atoms with Crippen molar-refractivity contribution >= 4 is 16.0 Å². The van der Waals surface area contributed by atoms with Crippen LogP contribution in [0.3, 0.4) is 0 Å². The highest BCUT2D eigenvalue weighted by atomic mass is 32.2. The number of hydrogen-bond donors (Lipinski definition) is 2. The zero-order chi connectivity index (χ0) is 14.5. The van der Waals surface area contributed by atoms with E-state index in [-0.39, 0.29) is 6.54 Å². The fraction of sp³-hybridized carbons (Fsp3) is 0.308. The van der Waals surface area contributed by atoms with Gasteiger partial charge in [-0.2, -0.15) is 0 Å². The van der Waals surface area contributed by atoms with Crippen LogP contribution in [0.5, 0.6) is 0 Å². The van der Waals surface area contributed by atoms with Gasteiger partial charge in [0.15, 0.2) is 0 Å². The van der Waals surface area contributed by atoms with Crippen molar-refractivity contribution in [1.82, 2.24) is 4.72 Å². The average Bonchev–Trinajstić information content (AvgIpc) is 2.33. The Morgan fingerprint density at radius 1 is 1.42 bits per heavy atom. The predicted octanol–water partition coefficient (Wildman–Crippen LogP) is 1.48. The van der Waals surface area contributed by atoms with Gasteiger partial charge in [-0.25, -0.2) is 13.1 Å². The molecule has 0 saturated carbocycles. The van der Waals surface area contributed by atoms with E-state index in [1.807, 2.05) is 0 Å². The Bertz CT molecular complexity index is 549. The second kappa shape index (κ2) is 6.49. The van der Waals surface area contributed by atoms with E-state index >= 15 is 0 Å². The van der Waals surface area contributed by atoms with Crippen molar-refractivity contribution in [2.45, 2.75) is 18.9 Å². The molecule has 0 fully saturated rings. The highest BCUT2D eigenvalue weighted by molar-refractivity contribution is 7.88. The standard InChI is InChI=1S/C13H17NO4S/c1-3-4-12(13(15)16)11-7-5-10(6-8-11)9-14-19(2,17)18/h3,5-8,12,14H,1,4,9H2,2H3,(H,15,16). The molecule has 0 aliphatic heterocycles. The van der Waals surface area contributed by atoms with Crippen LogP contribution in [0.25, 0.3) is 0 Å². The summed E-state index contributed by atoms with van der Waals surface area (Å²) in [5.41, 5.74) is 1.45. The third kappa shape index (κ3) is 5.23. The van der Waals surface area contributed by atoms with E-state index in [1.165, 1.54) is 0 Å². The molecular formula is C13H17NO4S. The largest absolute Gasteiger partial charge is 0.481 e. The van der Waals surface area contributed by atoms with Gasteiger partial charge in [0.05, 0.1) is 12.2 Å². The number of carboxylic acid groups (broad SMARTS) is 1. The molecule has 0 saturated heterocycles. The molecule has 1 aromatic carbocycles. The van der Waals surface area contributed by atoms with Crippen LogP contribution in [-0.4, -0.2) is 25.7 Å². The Balaban J connectivity index is 2.80. The summed E-state index contributed by atoms with van der Waals surface area (Å²) >= 11 is 0. The van der Waals surface area contributed by atoms with Crippen LogP contribution >= 0.6 is 0 Å². The summed E-state index contributed by atoms with van der Waals surface area (Å²) in [6, 6.07) is 6.82. The van der Waals surface area contributed by atoms with Crippen molar-refractivity contribution < 1.29 is 18.3 Å².